The first kappa shape index (κ1) is 15.8. The lowest BCUT2D eigenvalue weighted by Crippen LogP contribution is -2.59. The number of nitrogens with zero attached hydrogens (tertiary/aromatic N) is 1. The lowest BCUT2D eigenvalue weighted by Gasteiger charge is -2.51. The Morgan fingerprint density at radius 1 is 1.30 bits per heavy atom. The zero-order valence-electron chi connectivity index (χ0n) is 12.9. The maximum Gasteiger partial charge on any atom is 0.0406 e. The molecule has 20 heavy (non-hydrogen) atoms. The molecule has 2 N–H and O–H groups in total. The van der Waals surface area contributed by atoms with E-state index in [1.807, 2.05) is 12.1 Å². The third kappa shape index (κ3) is 3.03. The molecule has 2 rings (SSSR count). The molecule has 2 nitrogen and oxygen atoms in total. The minimum Gasteiger partial charge on any atom is -0.329 e. The minimum absolute atomic E-state index is 0.136. The Balaban J connectivity index is 2.15. The van der Waals surface area contributed by atoms with Crippen molar-refractivity contribution in [2.45, 2.75) is 45.2 Å². The summed E-state index contributed by atoms with van der Waals surface area (Å²) in [7, 11) is 2.22. The van der Waals surface area contributed by atoms with Gasteiger partial charge in [-0.2, -0.15) is 0 Å². The van der Waals surface area contributed by atoms with Gasteiger partial charge in [0.2, 0.25) is 0 Å². The van der Waals surface area contributed by atoms with E-state index in [0.717, 1.165) is 24.0 Å². The lowest BCUT2D eigenvalue weighted by molar-refractivity contribution is 0.00137. The van der Waals surface area contributed by atoms with Crippen LogP contribution in [0.15, 0.2) is 24.3 Å². The van der Waals surface area contributed by atoms with Gasteiger partial charge in [-0.25, -0.2) is 0 Å². The Kier molecular flexibility index (Phi) is 5.11. The Labute approximate surface area is 128 Å². The predicted molar refractivity (Wildman–Crippen MR) is 86.9 cm³/mol. The fourth-order valence-corrected chi connectivity index (χ4v) is 3.87. The van der Waals surface area contributed by atoms with Gasteiger partial charge in [-0.1, -0.05) is 50.4 Å². The first-order valence-electron chi connectivity index (χ1n) is 7.65. The molecule has 0 bridgehead atoms. The zero-order valence-corrected chi connectivity index (χ0v) is 13.7. The zero-order chi connectivity index (χ0) is 14.8. The van der Waals surface area contributed by atoms with Crippen molar-refractivity contribution in [3.8, 4) is 0 Å². The fraction of sp³-hybridized carbons (Fsp3) is 0.647. The molecule has 3 heteroatoms. The van der Waals surface area contributed by atoms with Crippen molar-refractivity contribution in [3.05, 3.63) is 34.9 Å². The normalized spacial score (nSPS) is 30.7. The van der Waals surface area contributed by atoms with Gasteiger partial charge in [-0.15, -0.1) is 0 Å². The number of hydrogen-bond acceptors (Lipinski definition) is 2. The summed E-state index contributed by atoms with van der Waals surface area (Å²) >= 11 is 5.96. The van der Waals surface area contributed by atoms with Crippen LogP contribution in [0.1, 0.15) is 38.7 Å². The Hall–Kier alpha value is -0.570. The summed E-state index contributed by atoms with van der Waals surface area (Å²) in [6, 6.07) is 8.15. The van der Waals surface area contributed by atoms with Crippen molar-refractivity contribution in [1.82, 2.24) is 4.90 Å². The molecule has 3 atom stereocenters. The van der Waals surface area contributed by atoms with Crippen molar-refractivity contribution >= 4 is 11.6 Å². The van der Waals surface area contributed by atoms with Crippen LogP contribution in [0, 0.1) is 11.8 Å². The first-order chi connectivity index (χ1) is 9.49. The Bertz CT molecular complexity index is 431. The molecule has 1 aromatic rings. The minimum atomic E-state index is 0.136. The highest BCUT2D eigenvalue weighted by Gasteiger charge is 2.43. The van der Waals surface area contributed by atoms with Gasteiger partial charge in [0.25, 0.3) is 0 Å². The second-order valence-corrected chi connectivity index (χ2v) is 6.88. The van der Waals surface area contributed by atoms with Crippen molar-refractivity contribution in [2.75, 3.05) is 13.6 Å². The standard InChI is InChI=1S/C17H27ClN2/c1-13-5-4-10-17(12-19,14(13)2)20(3)11-15-6-8-16(18)9-7-15/h6-9,13-14H,4-5,10-12,19H2,1-3H3. The third-order valence-corrected chi connectivity index (χ3v) is 5.67. The number of halogens is 1. The number of likely N-dealkylation sites (N-methyl/N-ethyl adjacent to an activating group) is 1. The Morgan fingerprint density at radius 3 is 2.55 bits per heavy atom. The molecule has 0 aromatic heterocycles. The summed E-state index contributed by atoms with van der Waals surface area (Å²) in [6.07, 6.45) is 3.82. The quantitative estimate of drug-likeness (QED) is 0.912. The predicted octanol–water partition coefficient (Wildman–Crippen LogP) is 3.93. The SMILES string of the molecule is CC1CCCC(CN)(N(C)Cc2ccc(Cl)cc2)C1C. The first-order valence-corrected chi connectivity index (χ1v) is 8.03. The Morgan fingerprint density at radius 2 is 1.95 bits per heavy atom. The molecule has 0 amide bonds. The van der Waals surface area contributed by atoms with E-state index in [2.05, 4.69) is 37.9 Å². The molecule has 1 saturated carbocycles. The van der Waals surface area contributed by atoms with Gasteiger partial charge < -0.3 is 5.73 Å². The number of nitrogens with two attached hydrogens (primary N) is 1. The number of hydrogen-bond donors (Lipinski definition) is 1. The topological polar surface area (TPSA) is 29.3 Å². The lowest BCUT2D eigenvalue weighted by atomic mass is 9.67. The fourth-order valence-electron chi connectivity index (χ4n) is 3.74. The van der Waals surface area contributed by atoms with E-state index in [0.29, 0.717) is 5.92 Å². The summed E-state index contributed by atoms with van der Waals surface area (Å²) in [6.45, 7) is 6.41. The molecule has 112 valence electrons. The second kappa shape index (κ2) is 6.46. The van der Waals surface area contributed by atoms with Gasteiger partial charge in [-0.05, 0) is 43.0 Å². The summed E-state index contributed by atoms with van der Waals surface area (Å²) < 4.78 is 0. The van der Waals surface area contributed by atoms with E-state index >= 15 is 0 Å². The molecule has 0 spiro atoms. The van der Waals surface area contributed by atoms with Crippen molar-refractivity contribution in [2.24, 2.45) is 17.6 Å². The van der Waals surface area contributed by atoms with E-state index in [1.165, 1.54) is 24.8 Å². The van der Waals surface area contributed by atoms with Crippen LogP contribution < -0.4 is 5.73 Å². The van der Waals surface area contributed by atoms with Crippen LogP contribution in [0.5, 0.6) is 0 Å². The van der Waals surface area contributed by atoms with E-state index in [9.17, 15) is 0 Å². The van der Waals surface area contributed by atoms with Crippen LogP contribution in [0.25, 0.3) is 0 Å². The monoisotopic (exact) mass is 294 g/mol. The van der Waals surface area contributed by atoms with E-state index in [4.69, 9.17) is 17.3 Å². The number of benzene rings is 1. The largest absolute Gasteiger partial charge is 0.329 e. The van der Waals surface area contributed by atoms with Gasteiger partial charge in [0.05, 0.1) is 0 Å². The number of rotatable bonds is 4. The molecule has 3 unspecified atom stereocenters. The highest BCUT2D eigenvalue weighted by Crippen LogP contribution is 2.41. The maximum absolute atomic E-state index is 6.21. The molecule has 1 aromatic carbocycles. The van der Waals surface area contributed by atoms with Crippen LogP contribution in [-0.4, -0.2) is 24.0 Å². The second-order valence-electron chi connectivity index (χ2n) is 6.45. The van der Waals surface area contributed by atoms with Crippen LogP contribution in [-0.2, 0) is 6.54 Å². The molecule has 1 aliphatic rings. The average molecular weight is 295 g/mol. The van der Waals surface area contributed by atoms with Crippen LogP contribution in [0.3, 0.4) is 0 Å². The summed E-state index contributed by atoms with van der Waals surface area (Å²) in [4.78, 5) is 2.47. The molecule has 0 saturated heterocycles. The van der Waals surface area contributed by atoms with Crippen LogP contribution in [0.2, 0.25) is 5.02 Å². The van der Waals surface area contributed by atoms with Gasteiger partial charge in [0.1, 0.15) is 0 Å². The summed E-state index contributed by atoms with van der Waals surface area (Å²) in [5.74, 6) is 1.39. The van der Waals surface area contributed by atoms with Gasteiger partial charge in [-0.3, -0.25) is 4.90 Å². The van der Waals surface area contributed by atoms with E-state index in [1.54, 1.807) is 0 Å². The summed E-state index contributed by atoms with van der Waals surface area (Å²) in [5.41, 5.74) is 7.64. The molecular weight excluding hydrogens is 268 g/mol. The third-order valence-electron chi connectivity index (χ3n) is 5.42. The summed E-state index contributed by atoms with van der Waals surface area (Å²) in [5, 5.41) is 0.796. The molecule has 0 heterocycles. The molecule has 1 aliphatic carbocycles. The maximum atomic E-state index is 6.21. The smallest absolute Gasteiger partial charge is 0.0406 e. The van der Waals surface area contributed by atoms with Crippen molar-refractivity contribution < 1.29 is 0 Å². The molecule has 0 aliphatic heterocycles. The average Bonchev–Trinajstić information content (AvgIpc) is 2.44. The van der Waals surface area contributed by atoms with Crippen LogP contribution >= 0.6 is 11.6 Å². The van der Waals surface area contributed by atoms with Crippen molar-refractivity contribution in [1.29, 1.82) is 0 Å². The molecular formula is C17H27ClN2. The molecule has 0 radical (unpaired) electrons. The van der Waals surface area contributed by atoms with Crippen molar-refractivity contribution in [3.63, 3.8) is 0 Å². The van der Waals surface area contributed by atoms with Gasteiger partial charge in [0, 0.05) is 23.7 Å². The molecule has 1 fully saturated rings. The van der Waals surface area contributed by atoms with Crippen LogP contribution in [0.4, 0.5) is 0 Å². The highest BCUT2D eigenvalue weighted by atomic mass is 35.5. The van der Waals surface area contributed by atoms with Gasteiger partial charge >= 0.3 is 0 Å². The van der Waals surface area contributed by atoms with Gasteiger partial charge in [0.15, 0.2) is 0 Å². The van der Waals surface area contributed by atoms with E-state index < -0.39 is 0 Å². The van der Waals surface area contributed by atoms with E-state index in [-0.39, 0.29) is 5.54 Å². The highest BCUT2D eigenvalue weighted by molar-refractivity contribution is 6.30.